The van der Waals surface area contributed by atoms with E-state index in [-0.39, 0.29) is 6.10 Å². The van der Waals surface area contributed by atoms with Crippen LogP contribution in [0.2, 0.25) is 0 Å². The Morgan fingerprint density at radius 1 is 1.03 bits per heavy atom. The van der Waals surface area contributed by atoms with Crippen molar-refractivity contribution in [3.05, 3.63) is 59.2 Å². The molecule has 3 aliphatic rings. The van der Waals surface area contributed by atoms with Crippen molar-refractivity contribution in [3.63, 3.8) is 0 Å². The fourth-order valence-corrected chi connectivity index (χ4v) is 6.39. The molecule has 2 aliphatic carbocycles. The van der Waals surface area contributed by atoms with Gasteiger partial charge in [-0.2, -0.15) is 0 Å². The van der Waals surface area contributed by atoms with Crippen LogP contribution >= 0.6 is 0 Å². The lowest BCUT2D eigenvalue weighted by molar-refractivity contribution is 0.141. The van der Waals surface area contributed by atoms with Crippen LogP contribution in [0.3, 0.4) is 0 Å². The van der Waals surface area contributed by atoms with E-state index < -0.39 is 0 Å². The number of benzene rings is 1. The van der Waals surface area contributed by atoms with E-state index >= 15 is 0 Å². The van der Waals surface area contributed by atoms with Crippen LogP contribution in [0.25, 0.3) is 0 Å². The molecule has 176 valence electrons. The fraction of sp³-hybridized carbons (Fsp3) is 0.667. The van der Waals surface area contributed by atoms with Crippen molar-refractivity contribution in [1.82, 2.24) is 4.90 Å². The topological polar surface area (TPSA) is 23.5 Å². The standard InChI is InChI=1S/C30H45NO/c1-24-12-11-15-25(20-24)13-6-7-16-28-29-22-26(21-27(29)23-30(28)32)14-5-2-3-8-17-31-18-9-4-10-19-31/h7,11-12,15-16,20-21,27-30,32H,2-6,8-10,13-14,17-19,22-23H2,1H3/b16-7+/t27-,28+,29-,30+/m0/s1. The Morgan fingerprint density at radius 3 is 2.72 bits per heavy atom. The molecule has 0 spiro atoms. The number of allylic oxidation sites excluding steroid dienone is 3. The second kappa shape index (κ2) is 12.2. The molecule has 2 nitrogen and oxygen atoms in total. The van der Waals surface area contributed by atoms with E-state index in [1.54, 1.807) is 5.57 Å². The molecular formula is C30H45NO. The monoisotopic (exact) mass is 435 g/mol. The zero-order chi connectivity index (χ0) is 22.2. The molecule has 1 heterocycles. The minimum absolute atomic E-state index is 0.146. The number of fused-ring (bicyclic) bond motifs is 1. The van der Waals surface area contributed by atoms with Gasteiger partial charge >= 0.3 is 0 Å². The van der Waals surface area contributed by atoms with Crippen molar-refractivity contribution in [2.75, 3.05) is 19.6 Å². The van der Waals surface area contributed by atoms with E-state index in [0.717, 1.165) is 19.3 Å². The lowest BCUT2D eigenvalue weighted by Gasteiger charge is -2.26. The zero-order valence-corrected chi connectivity index (χ0v) is 20.4. The largest absolute Gasteiger partial charge is 0.392 e. The maximum absolute atomic E-state index is 10.6. The normalized spacial score (nSPS) is 28.4. The molecule has 32 heavy (non-hydrogen) atoms. The first kappa shape index (κ1) is 23.8. The number of hydrogen-bond acceptors (Lipinski definition) is 2. The van der Waals surface area contributed by atoms with E-state index in [1.165, 1.54) is 88.5 Å². The summed E-state index contributed by atoms with van der Waals surface area (Å²) >= 11 is 0. The van der Waals surface area contributed by atoms with Gasteiger partial charge in [0.05, 0.1) is 6.10 Å². The number of nitrogens with zero attached hydrogens (tertiary/aromatic N) is 1. The van der Waals surface area contributed by atoms with E-state index in [4.69, 9.17) is 0 Å². The van der Waals surface area contributed by atoms with Crippen molar-refractivity contribution in [2.24, 2.45) is 17.8 Å². The van der Waals surface area contributed by atoms with E-state index in [1.807, 2.05) is 0 Å². The first-order valence-electron chi connectivity index (χ1n) is 13.5. The van der Waals surface area contributed by atoms with Crippen molar-refractivity contribution in [1.29, 1.82) is 0 Å². The molecule has 0 bridgehead atoms. The highest BCUT2D eigenvalue weighted by Crippen LogP contribution is 2.48. The third kappa shape index (κ3) is 6.81. The SMILES string of the molecule is Cc1cccc(CC/C=C/[C@@H]2[C@H]3CC(CCCCCCN4CCCCC4)=C[C@H]3C[C@H]2O)c1. The highest BCUT2D eigenvalue weighted by Gasteiger charge is 2.43. The molecule has 0 amide bonds. The molecule has 4 rings (SSSR count). The summed E-state index contributed by atoms with van der Waals surface area (Å²) in [6.07, 6.45) is 22.5. The van der Waals surface area contributed by atoms with Gasteiger partial charge in [-0.15, -0.1) is 0 Å². The van der Waals surface area contributed by atoms with Crippen molar-refractivity contribution < 1.29 is 5.11 Å². The number of rotatable bonds is 11. The van der Waals surface area contributed by atoms with Crippen molar-refractivity contribution in [2.45, 2.75) is 90.1 Å². The van der Waals surface area contributed by atoms with Crippen LogP contribution in [0.4, 0.5) is 0 Å². The molecule has 0 aromatic heterocycles. The summed E-state index contributed by atoms with van der Waals surface area (Å²) < 4.78 is 0. The molecule has 1 aromatic rings. The Hall–Kier alpha value is -1.38. The Bertz CT molecular complexity index is 760. The maximum atomic E-state index is 10.6. The van der Waals surface area contributed by atoms with Gasteiger partial charge in [0.15, 0.2) is 0 Å². The number of aliphatic hydroxyl groups excluding tert-OH is 1. The highest BCUT2D eigenvalue weighted by molar-refractivity contribution is 5.23. The molecule has 0 radical (unpaired) electrons. The predicted octanol–water partition coefficient (Wildman–Crippen LogP) is 6.86. The second-order valence-electron chi connectivity index (χ2n) is 10.8. The van der Waals surface area contributed by atoms with Gasteiger partial charge in [0.1, 0.15) is 0 Å². The van der Waals surface area contributed by atoms with E-state index in [0.29, 0.717) is 17.8 Å². The zero-order valence-electron chi connectivity index (χ0n) is 20.4. The van der Waals surface area contributed by atoms with Crippen LogP contribution in [0.15, 0.2) is 48.1 Å². The average molecular weight is 436 g/mol. The first-order chi connectivity index (χ1) is 15.7. The Balaban J connectivity index is 1.13. The summed E-state index contributed by atoms with van der Waals surface area (Å²) in [6.45, 7) is 6.16. The number of piperidine rings is 1. The summed E-state index contributed by atoms with van der Waals surface area (Å²) in [7, 11) is 0. The number of hydrogen-bond donors (Lipinski definition) is 1. The van der Waals surface area contributed by atoms with Gasteiger partial charge < -0.3 is 10.0 Å². The molecule has 1 aliphatic heterocycles. The van der Waals surface area contributed by atoms with Gasteiger partial charge in [-0.05, 0) is 102 Å². The van der Waals surface area contributed by atoms with Crippen molar-refractivity contribution >= 4 is 0 Å². The minimum atomic E-state index is -0.146. The highest BCUT2D eigenvalue weighted by atomic mass is 16.3. The number of unbranched alkanes of at least 4 members (excludes halogenated alkanes) is 3. The molecular weight excluding hydrogens is 390 g/mol. The summed E-state index contributed by atoms with van der Waals surface area (Å²) in [5.74, 6) is 1.62. The predicted molar refractivity (Wildman–Crippen MR) is 136 cm³/mol. The molecule has 1 saturated carbocycles. The van der Waals surface area contributed by atoms with E-state index in [9.17, 15) is 5.11 Å². The van der Waals surface area contributed by atoms with Gasteiger partial charge in [0.2, 0.25) is 0 Å². The molecule has 2 fully saturated rings. The molecule has 0 unspecified atom stereocenters. The van der Waals surface area contributed by atoms with Crippen LogP contribution < -0.4 is 0 Å². The van der Waals surface area contributed by atoms with Crippen LogP contribution in [0, 0.1) is 24.7 Å². The van der Waals surface area contributed by atoms with Gasteiger partial charge in [-0.1, -0.05) is 72.9 Å². The Kier molecular flexibility index (Phi) is 9.05. The third-order valence-corrected chi connectivity index (χ3v) is 8.16. The summed E-state index contributed by atoms with van der Waals surface area (Å²) in [5.41, 5.74) is 4.44. The second-order valence-corrected chi connectivity index (χ2v) is 10.8. The van der Waals surface area contributed by atoms with Crippen molar-refractivity contribution in [3.8, 4) is 0 Å². The first-order valence-corrected chi connectivity index (χ1v) is 13.5. The quantitative estimate of drug-likeness (QED) is 0.303. The minimum Gasteiger partial charge on any atom is -0.392 e. The lowest BCUT2D eigenvalue weighted by atomic mass is 9.88. The maximum Gasteiger partial charge on any atom is 0.0611 e. The van der Waals surface area contributed by atoms with Gasteiger partial charge in [0, 0.05) is 5.92 Å². The smallest absolute Gasteiger partial charge is 0.0611 e. The van der Waals surface area contributed by atoms with Gasteiger partial charge in [-0.3, -0.25) is 0 Å². The summed E-state index contributed by atoms with van der Waals surface area (Å²) in [5, 5.41) is 10.6. The average Bonchev–Trinajstić information content (AvgIpc) is 3.31. The third-order valence-electron chi connectivity index (χ3n) is 8.16. The van der Waals surface area contributed by atoms with Crippen LogP contribution in [0.5, 0.6) is 0 Å². The molecule has 1 N–H and O–H groups in total. The van der Waals surface area contributed by atoms with E-state index in [2.05, 4.69) is 54.3 Å². The summed E-state index contributed by atoms with van der Waals surface area (Å²) in [6, 6.07) is 8.83. The van der Waals surface area contributed by atoms with Crippen LogP contribution in [-0.2, 0) is 6.42 Å². The number of aryl methyl sites for hydroxylation is 2. The van der Waals surface area contributed by atoms with Gasteiger partial charge in [-0.25, -0.2) is 0 Å². The lowest BCUT2D eigenvalue weighted by Crippen LogP contribution is -2.30. The fourth-order valence-electron chi connectivity index (χ4n) is 6.39. The van der Waals surface area contributed by atoms with Gasteiger partial charge in [0.25, 0.3) is 0 Å². The van der Waals surface area contributed by atoms with Crippen LogP contribution in [0.1, 0.15) is 81.8 Å². The Labute approximate surface area is 196 Å². The number of likely N-dealkylation sites (tertiary alicyclic amines) is 1. The molecule has 2 heteroatoms. The molecule has 1 aromatic carbocycles. The summed E-state index contributed by atoms with van der Waals surface area (Å²) in [4.78, 5) is 2.67. The van der Waals surface area contributed by atoms with Crippen LogP contribution in [-0.4, -0.2) is 35.7 Å². The Morgan fingerprint density at radius 2 is 1.88 bits per heavy atom. The molecule has 1 saturated heterocycles. The number of aliphatic hydroxyl groups is 1. The molecule has 4 atom stereocenters.